The number of ether oxygens (including phenoxy) is 1. The zero-order chi connectivity index (χ0) is 12.1. The van der Waals surface area contributed by atoms with Crippen molar-refractivity contribution >= 4 is 0 Å². The van der Waals surface area contributed by atoms with Crippen LogP contribution in [0.5, 0.6) is 5.75 Å². The predicted octanol–water partition coefficient (Wildman–Crippen LogP) is 3.27. The molecular formula is C13H20FNO. The standard InChI is InChI=1S/C13H20FNO/c1-4-6-9(2)13(15)12-10(14)7-5-8-11(12)16-3/h5,7-9,13H,4,6,15H2,1-3H3. The molecular weight excluding hydrogens is 205 g/mol. The van der Waals surface area contributed by atoms with E-state index in [4.69, 9.17) is 10.5 Å². The van der Waals surface area contributed by atoms with E-state index in [0.29, 0.717) is 11.3 Å². The fraction of sp³-hybridized carbons (Fsp3) is 0.538. The second kappa shape index (κ2) is 5.85. The molecule has 2 N–H and O–H groups in total. The first-order chi connectivity index (χ1) is 7.61. The van der Waals surface area contributed by atoms with E-state index >= 15 is 0 Å². The molecule has 0 spiro atoms. The Labute approximate surface area is 96.6 Å². The number of nitrogens with two attached hydrogens (primary N) is 1. The molecule has 1 aromatic rings. The molecule has 0 radical (unpaired) electrons. The SMILES string of the molecule is CCCC(C)C(N)c1c(F)cccc1OC. The van der Waals surface area contributed by atoms with Crippen LogP contribution in [0, 0.1) is 11.7 Å². The van der Waals surface area contributed by atoms with Gasteiger partial charge in [0.1, 0.15) is 11.6 Å². The van der Waals surface area contributed by atoms with Crippen molar-refractivity contribution in [1.29, 1.82) is 0 Å². The van der Waals surface area contributed by atoms with Crippen molar-refractivity contribution in [2.45, 2.75) is 32.7 Å². The van der Waals surface area contributed by atoms with Crippen molar-refractivity contribution in [2.24, 2.45) is 11.7 Å². The van der Waals surface area contributed by atoms with Gasteiger partial charge in [0.2, 0.25) is 0 Å². The van der Waals surface area contributed by atoms with E-state index < -0.39 is 0 Å². The molecule has 0 aliphatic rings. The quantitative estimate of drug-likeness (QED) is 0.834. The van der Waals surface area contributed by atoms with E-state index in [0.717, 1.165) is 12.8 Å². The van der Waals surface area contributed by atoms with E-state index in [1.807, 2.05) is 6.92 Å². The summed E-state index contributed by atoms with van der Waals surface area (Å²) < 4.78 is 18.9. The minimum atomic E-state index is -0.309. The molecule has 2 unspecified atom stereocenters. The summed E-state index contributed by atoms with van der Waals surface area (Å²) in [5, 5.41) is 0. The molecule has 1 rings (SSSR count). The van der Waals surface area contributed by atoms with Crippen LogP contribution in [0.3, 0.4) is 0 Å². The van der Waals surface area contributed by atoms with Gasteiger partial charge < -0.3 is 10.5 Å². The molecule has 0 aliphatic heterocycles. The molecule has 0 amide bonds. The number of halogens is 1. The summed E-state index contributed by atoms with van der Waals surface area (Å²) >= 11 is 0. The van der Waals surface area contributed by atoms with Crippen molar-refractivity contribution < 1.29 is 9.13 Å². The highest BCUT2D eigenvalue weighted by atomic mass is 19.1. The van der Waals surface area contributed by atoms with Gasteiger partial charge in [-0.05, 0) is 24.5 Å². The Balaban J connectivity index is 3.01. The van der Waals surface area contributed by atoms with Crippen LogP contribution in [0.2, 0.25) is 0 Å². The highest BCUT2D eigenvalue weighted by molar-refractivity contribution is 5.37. The maximum atomic E-state index is 13.7. The lowest BCUT2D eigenvalue weighted by molar-refractivity contribution is 0.372. The summed E-state index contributed by atoms with van der Waals surface area (Å²) in [7, 11) is 1.54. The summed E-state index contributed by atoms with van der Waals surface area (Å²) in [6, 6.07) is 4.50. The fourth-order valence-electron chi connectivity index (χ4n) is 1.94. The minimum Gasteiger partial charge on any atom is -0.496 e. The van der Waals surface area contributed by atoms with Crippen LogP contribution in [0.25, 0.3) is 0 Å². The Bertz CT molecular complexity index is 341. The van der Waals surface area contributed by atoms with Crippen molar-refractivity contribution in [2.75, 3.05) is 7.11 Å². The van der Waals surface area contributed by atoms with Crippen molar-refractivity contribution in [3.63, 3.8) is 0 Å². The lowest BCUT2D eigenvalue weighted by Crippen LogP contribution is -2.21. The van der Waals surface area contributed by atoms with Gasteiger partial charge in [0.25, 0.3) is 0 Å². The third-order valence-electron chi connectivity index (χ3n) is 2.92. The average molecular weight is 225 g/mol. The smallest absolute Gasteiger partial charge is 0.131 e. The maximum absolute atomic E-state index is 13.7. The molecule has 0 heterocycles. The number of rotatable bonds is 5. The number of hydrogen-bond acceptors (Lipinski definition) is 2. The van der Waals surface area contributed by atoms with Gasteiger partial charge >= 0.3 is 0 Å². The molecule has 1 aromatic carbocycles. The monoisotopic (exact) mass is 225 g/mol. The first-order valence-electron chi connectivity index (χ1n) is 5.69. The fourth-order valence-corrected chi connectivity index (χ4v) is 1.94. The van der Waals surface area contributed by atoms with Crippen LogP contribution < -0.4 is 10.5 Å². The molecule has 0 bridgehead atoms. The van der Waals surface area contributed by atoms with E-state index in [9.17, 15) is 4.39 Å². The van der Waals surface area contributed by atoms with E-state index in [2.05, 4.69) is 6.92 Å². The largest absolute Gasteiger partial charge is 0.496 e. The normalized spacial score (nSPS) is 14.6. The highest BCUT2D eigenvalue weighted by Crippen LogP contribution is 2.32. The molecule has 0 fully saturated rings. The van der Waals surface area contributed by atoms with Gasteiger partial charge in [-0.3, -0.25) is 0 Å². The molecule has 0 aromatic heterocycles. The van der Waals surface area contributed by atoms with Gasteiger partial charge in [-0.25, -0.2) is 4.39 Å². The summed E-state index contributed by atoms with van der Waals surface area (Å²) in [4.78, 5) is 0. The van der Waals surface area contributed by atoms with Gasteiger partial charge in [-0.15, -0.1) is 0 Å². The molecule has 2 atom stereocenters. The molecule has 90 valence electrons. The van der Waals surface area contributed by atoms with Crippen molar-refractivity contribution in [1.82, 2.24) is 0 Å². The van der Waals surface area contributed by atoms with Crippen LogP contribution in [-0.4, -0.2) is 7.11 Å². The zero-order valence-corrected chi connectivity index (χ0v) is 10.2. The van der Waals surface area contributed by atoms with E-state index in [-0.39, 0.29) is 17.8 Å². The third-order valence-corrected chi connectivity index (χ3v) is 2.92. The second-order valence-electron chi connectivity index (χ2n) is 4.15. The van der Waals surface area contributed by atoms with Crippen LogP contribution in [-0.2, 0) is 0 Å². The van der Waals surface area contributed by atoms with Gasteiger partial charge in [0.05, 0.1) is 7.11 Å². The Morgan fingerprint density at radius 1 is 1.44 bits per heavy atom. The number of hydrogen-bond donors (Lipinski definition) is 1. The number of methoxy groups -OCH3 is 1. The molecule has 0 saturated carbocycles. The minimum absolute atomic E-state index is 0.246. The Morgan fingerprint density at radius 2 is 2.12 bits per heavy atom. The van der Waals surface area contributed by atoms with Crippen LogP contribution in [0.4, 0.5) is 4.39 Å². The highest BCUT2D eigenvalue weighted by Gasteiger charge is 2.21. The molecule has 0 aliphatic carbocycles. The summed E-state index contributed by atoms with van der Waals surface area (Å²) in [6.45, 7) is 4.14. The summed E-state index contributed by atoms with van der Waals surface area (Å²) in [5.41, 5.74) is 6.57. The molecule has 3 heteroatoms. The third kappa shape index (κ3) is 2.73. The zero-order valence-electron chi connectivity index (χ0n) is 10.2. The Hall–Kier alpha value is -1.09. The van der Waals surface area contributed by atoms with Gasteiger partial charge in [-0.1, -0.05) is 26.3 Å². The number of benzene rings is 1. The van der Waals surface area contributed by atoms with Crippen LogP contribution in [0.1, 0.15) is 38.3 Å². The van der Waals surface area contributed by atoms with Gasteiger partial charge in [0.15, 0.2) is 0 Å². The Kier molecular flexibility index (Phi) is 4.74. The predicted molar refractivity (Wildman–Crippen MR) is 64.0 cm³/mol. The van der Waals surface area contributed by atoms with Gasteiger partial charge in [0, 0.05) is 11.6 Å². The topological polar surface area (TPSA) is 35.2 Å². The van der Waals surface area contributed by atoms with E-state index in [1.165, 1.54) is 13.2 Å². The van der Waals surface area contributed by atoms with Crippen molar-refractivity contribution in [3.8, 4) is 5.75 Å². The summed E-state index contributed by atoms with van der Waals surface area (Å²) in [5.74, 6) is 0.501. The van der Waals surface area contributed by atoms with Crippen LogP contribution >= 0.6 is 0 Å². The summed E-state index contributed by atoms with van der Waals surface area (Å²) in [6.07, 6.45) is 2.03. The second-order valence-corrected chi connectivity index (χ2v) is 4.15. The average Bonchev–Trinajstić information content (AvgIpc) is 2.28. The van der Waals surface area contributed by atoms with Gasteiger partial charge in [-0.2, -0.15) is 0 Å². The van der Waals surface area contributed by atoms with Crippen molar-refractivity contribution in [3.05, 3.63) is 29.6 Å². The molecule has 0 saturated heterocycles. The van der Waals surface area contributed by atoms with E-state index in [1.54, 1.807) is 12.1 Å². The Morgan fingerprint density at radius 3 is 2.69 bits per heavy atom. The lowest BCUT2D eigenvalue weighted by Gasteiger charge is -2.22. The molecule has 2 nitrogen and oxygen atoms in total. The first-order valence-corrected chi connectivity index (χ1v) is 5.69. The van der Waals surface area contributed by atoms with Crippen LogP contribution in [0.15, 0.2) is 18.2 Å². The maximum Gasteiger partial charge on any atom is 0.131 e. The lowest BCUT2D eigenvalue weighted by atomic mass is 9.91. The first kappa shape index (κ1) is 13.0. The molecule has 16 heavy (non-hydrogen) atoms.